The molecule has 0 aliphatic heterocycles. The van der Waals surface area contributed by atoms with Gasteiger partial charge in [0, 0.05) is 0 Å². The summed E-state index contributed by atoms with van der Waals surface area (Å²) in [4.78, 5) is 0. The molecule has 1 saturated carbocycles. The van der Waals surface area contributed by atoms with Gasteiger partial charge < -0.3 is 0 Å². The molecule has 0 radical (unpaired) electrons. The van der Waals surface area contributed by atoms with Crippen LogP contribution >= 0.6 is 0 Å². The maximum absolute atomic E-state index is 2.49. The van der Waals surface area contributed by atoms with Crippen LogP contribution in [0.2, 0.25) is 0 Å². The number of aryl methyl sites for hydroxylation is 2. The van der Waals surface area contributed by atoms with Gasteiger partial charge in [0.1, 0.15) is 0 Å². The molecule has 0 aromatic heterocycles. The van der Waals surface area contributed by atoms with E-state index in [1.165, 1.54) is 93.7 Å². The van der Waals surface area contributed by atoms with Crippen LogP contribution in [0.15, 0.2) is 42.5 Å². The van der Waals surface area contributed by atoms with Gasteiger partial charge in [0.2, 0.25) is 0 Å². The molecule has 2 aromatic rings. The summed E-state index contributed by atoms with van der Waals surface area (Å²) in [6.45, 7) is 4.65. The first-order valence-electron chi connectivity index (χ1n) is 12.5. The maximum Gasteiger partial charge on any atom is -0.0181 e. The second kappa shape index (κ2) is 9.96. The number of hydrogen-bond donors (Lipinski definition) is 0. The number of benzene rings is 2. The van der Waals surface area contributed by atoms with E-state index >= 15 is 0 Å². The minimum Gasteiger partial charge on any atom is -0.0654 e. The van der Waals surface area contributed by atoms with Crippen LogP contribution in [0.25, 0.3) is 11.1 Å². The molecule has 0 N–H and O–H groups in total. The molecular weight excluding hydrogens is 348 g/mol. The van der Waals surface area contributed by atoms with E-state index in [9.17, 15) is 0 Å². The predicted molar refractivity (Wildman–Crippen MR) is 126 cm³/mol. The second-order valence-electron chi connectivity index (χ2n) is 9.83. The van der Waals surface area contributed by atoms with Gasteiger partial charge >= 0.3 is 0 Å². The van der Waals surface area contributed by atoms with Gasteiger partial charge in [-0.3, -0.25) is 0 Å². The smallest absolute Gasteiger partial charge is 0.0181 e. The van der Waals surface area contributed by atoms with Crippen molar-refractivity contribution in [3.05, 3.63) is 59.2 Å². The molecule has 0 heterocycles. The average molecular weight is 389 g/mol. The molecule has 1 atom stereocenters. The molecule has 0 saturated heterocycles. The van der Waals surface area contributed by atoms with Crippen molar-refractivity contribution in [2.75, 3.05) is 0 Å². The quantitative estimate of drug-likeness (QED) is 0.418. The fourth-order valence-electron chi connectivity index (χ4n) is 5.88. The summed E-state index contributed by atoms with van der Waals surface area (Å²) >= 11 is 0. The minimum atomic E-state index is 0.938. The van der Waals surface area contributed by atoms with Crippen molar-refractivity contribution in [1.29, 1.82) is 0 Å². The van der Waals surface area contributed by atoms with Crippen molar-refractivity contribution >= 4 is 0 Å². The van der Waals surface area contributed by atoms with Crippen LogP contribution in [0.3, 0.4) is 0 Å². The molecule has 156 valence electrons. The fourth-order valence-corrected chi connectivity index (χ4v) is 5.88. The molecule has 2 aliphatic carbocycles. The van der Waals surface area contributed by atoms with Crippen LogP contribution in [0.5, 0.6) is 0 Å². The van der Waals surface area contributed by atoms with E-state index in [1.807, 2.05) is 0 Å². The number of hydrogen-bond acceptors (Lipinski definition) is 0. The largest absolute Gasteiger partial charge is 0.0654 e. The monoisotopic (exact) mass is 388 g/mol. The topological polar surface area (TPSA) is 0 Å². The first kappa shape index (κ1) is 20.7. The standard InChI is InChI=1S/C29H40/c1-3-5-6-7-23-10-14-25(15-11-23)27-17-19-28-20-26(16-18-29(28)21-27)24-12-8-22(4-2)9-13-24/h10-11,14-15,17,19,21-22,24,26H,3-9,12-13,16,18,20H2,1-2H3. The van der Waals surface area contributed by atoms with Gasteiger partial charge in [-0.25, -0.2) is 0 Å². The Morgan fingerprint density at radius 1 is 0.724 bits per heavy atom. The van der Waals surface area contributed by atoms with Gasteiger partial charge in [0.05, 0.1) is 0 Å². The molecular formula is C29H40. The Morgan fingerprint density at radius 2 is 1.48 bits per heavy atom. The molecule has 2 aromatic carbocycles. The maximum atomic E-state index is 2.49. The van der Waals surface area contributed by atoms with Crippen LogP contribution < -0.4 is 0 Å². The molecule has 2 aliphatic rings. The Balaban J connectivity index is 1.39. The lowest BCUT2D eigenvalue weighted by atomic mass is 9.69. The number of unbranched alkanes of at least 4 members (excludes halogenated alkanes) is 2. The highest BCUT2D eigenvalue weighted by Crippen LogP contribution is 2.40. The van der Waals surface area contributed by atoms with E-state index < -0.39 is 0 Å². The summed E-state index contributed by atoms with van der Waals surface area (Å²) < 4.78 is 0. The molecule has 0 amide bonds. The summed E-state index contributed by atoms with van der Waals surface area (Å²) in [5, 5.41) is 0. The minimum absolute atomic E-state index is 0.938. The Bertz CT molecular complexity index is 761. The van der Waals surface area contributed by atoms with Gasteiger partial charge in [-0.05, 0) is 90.5 Å². The Hall–Kier alpha value is -1.56. The fraction of sp³-hybridized carbons (Fsp3) is 0.586. The molecule has 1 fully saturated rings. The lowest BCUT2D eigenvalue weighted by Gasteiger charge is -2.36. The van der Waals surface area contributed by atoms with Crippen molar-refractivity contribution in [3.8, 4) is 11.1 Å². The van der Waals surface area contributed by atoms with Gasteiger partial charge in [0.25, 0.3) is 0 Å². The highest BCUT2D eigenvalue weighted by Gasteiger charge is 2.29. The van der Waals surface area contributed by atoms with E-state index in [4.69, 9.17) is 0 Å². The molecule has 1 unspecified atom stereocenters. The number of rotatable bonds is 7. The Labute approximate surface area is 179 Å². The third kappa shape index (κ3) is 5.14. The zero-order valence-corrected chi connectivity index (χ0v) is 18.8. The average Bonchev–Trinajstić information content (AvgIpc) is 2.79. The molecule has 0 heteroatoms. The van der Waals surface area contributed by atoms with Gasteiger partial charge in [-0.15, -0.1) is 0 Å². The molecule has 0 spiro atoms. The SMILES string of the molecule is CCCCCc1ccc(-c2ccc3c(c2)CCC(C2CCC(CC)CC2)C3)cc1. The normalized spacial score (nSPS) is 24.3. The van der Waals surface area contributed by atoms with Gasteiger partial charge in [-0.2, -0.15) is 0 Å². The zero-order valence-electron chi connectivity index (χ0n) is 18.8. The highest BCUT2D eigenvalue weighted by atomic mass is 14.3. The third-order valence-electron chi connectivity index (χ3n) is 7.96. The van der Waals surface area contributed by atoms with Crippen molar-refractivity contribution in [2.24, 2.45) is 17.8 Å². The molecule has 0 bridgehead atoms. The predicted octanol–water partition coefficient (Wildman–Crippen LogP) is 8.41. The van der Waals surface area contributed by atoms with Crippen molar-refractivity contribution in [3.63, 3.8) is 0 Å². The van der Waals surface area contributed by atoms with Crippen LogP contribution in [0.1, 0.15) is 88.3 Å². The van der Waals surface area contributed by atoms with Crippen LogP contribution in [0, 0.1) is 17.8 Å². The van der Waals surface area contributed by atoms with Crippen molar-refractivity contribution < 1.29 is 0 Å². The lowest BCUT2D eigenvalue weighted by Crippen LogP contribution is -2.26. The Kier molecular flexibility index (Phi) is 7.11. The summed E-state index contributed by atoms with van der Waals surface area (Å²) in [6, 6.07) is 16.7. The lowest BCUT2D eigenvalue weighted by molar-refractivity contribution is 0.187. The summed E-state index contributed by atoms with van der Waals surface area (Å²) in [5.74, 6) is 2.95. The van der Waals surface area contributed by atoms with Crippen LogP contribution in [-0.2, 0) is 19.3 Å². The first-order valence-corrected chi connectivity index (χ1v) is 12.5. The van der Waals surface area contributed by atoms with Gasteiger partial charge in [0.15, 0.2) is 0 Å². The number of fused-ring (bicyclic) bond motifs is 1. The summed E-state index contributed by atoms with van der Waals surface area (Å²) in [7, 11) is 0. The van der Waals surface area contributed by atoms with E-state index in [-0.39, 0.29) is 0 Å². The van der Waals surface area contributed by atoms with Crippen molar-refractivity contribution in [1.82, 2.24) is 0 Å². The molecule has 29 heavy (non-hydrogen) atoms. The van der Waals surface area contributed by atoms with Crippen LogP contribution in [-0.4, -0.2) is 0 Å². The Morgan fingerprint density at radius 3 is 2.21 bits per heavy atom. The first-order chi connectivity index (χ1) is 14.3. The van der Waals surface area contributed by atoms with E-state index in [2.05, 4.69) is 56.3 Å². The zero-order chi connectivity index (χ0) is 20.1. The van der Waals surface area contributed by atoms with E-state index in [1.54, 1.807) is 11.1 Å². The summed E-state index contributed by atoms with van der Waals surface area (Å²) in [6.07, 6.45) is 16.5. The van der Waals surface area contributed by atoms with Crippen LogP contribution in [0.4, 0.5) is 0 Å². The van der Waals surface area contributed by atoms with E-state index in [0.29, 0.717) is 0 Å². The molecule has 4 rings (SSSR count). The van der Waals surface area contributed by atoms with Crippen molar-refractivity contribution in [2.45, 2.75) is 90.9 Å². The van der Waals surface area contributed by atoms with Gasteiger partial charge in [-0.1, -0.05) is 88.4 Å². The second-order valence-corrected chi connectivity index (χ2v) is 9.83. The molecule has 0 nitrogen and oxygen atoms in total. The third-order valence-corrected chi connectivity index (χ3v) is 7.96. The highest BCUT2D eigenvalue weighted by molar-refractivity contribution is 5.65. The summed E-state index contributed by atoms with van der Waals surface area (Å²) in [5.41, 5.74) is 7.53. The van der Waals surface area contributed by atoms with E-state index in [0.717, 1.165) is 17.8 Å².